The molecule has 0 atom stereocenters. The molecule has 0 aromatic carbocycles. The van der Waals surface area contributed by atoms with Crippen LogP contribution in [0.2, 0.25) is 0 Å². The fourth-order valence-electron chi connectivity index (χ4n) is 1.16. The Kier molecular flexibility index (Phi) is 1.70. The summed E-state index contributed by atoms with van der Waals surface area (Å²) >= 11 is 0. The van der Waals surface area contributed by atoms with Gasteiger partial charge in [0.15, 0.2) is 12.0 Å². The molecule has 0 saturated heterocycles. The normalized spacial score (nSPS) is 15.5. The second-order valence-corrected chi connectivity index (χ2v) is 2.56. The number of rotatable bonds is 2. The van der Waals surface area contributed by atoms with Crippen molar-refractivity contribution in [3.8, 4) is 0 Å². The van der Waals surface area contributed by atoms with E-state index in [2.05, 4.69) is 0 Å². The molecular weight excluding hydrogens is 156 g/mol. The van der Waals surface area contributed by atoms with Gasteiger partial charge in [0, 0.05) is 6.42 Å². The number of aldehydes is 1. The summed E-state index contributed by atoms with van der Waals surface area (Å²) in [5, 5.41) is 0. The topological polar surface area (TPSA) is 39.4 Å². The van der Waals surface area contributed by atoms with Crippen LogP contribution < -0.4 is 0 Å². The Balaban J connectivity index is 2.27. The first-order valence-corrected chi connectivity index (χ1v) is 3.77. The standard InChI is InChI=1S/C9H8O3/c10-5-8-4-7(6-12-8)9-2-1-3-11-9/h2,4-6H,1,3H2. The number of carbonyl (C=O) groups is 1. The Labute approximate surface area is 69.6 Å². The van der Waals surface area contributed by atoms with Crippen LogP contribution in [0.1, 0.15) is 22.5 Å². The average molecular weight is 164 g/mol. The first kappa shape index (κ1) is 7.16. The van der Waals surface area contributed by atoms with E-state index in [9.17, 15) is 4.79 Å². The lowest BCUT2D eigenvalue weighted by molar-refractivity contribution is 0.110. The molecule has 2 rings (SSSR count). The fraction of sp³-hybridized carbons (Fsp3) is 0.222. The Morgan fingerprint density at radius 3 is 3.00 bits per heavy atom. The highest BCUT2D eigenvalue weighted by Gasteiger charge is 2.10. The van der Waals surface area contributed by atoms with Gasteiger partial charge in [-0.25, -0.2) is 0 Å². The van der Waals surface area contributed by atoms with Crippen molar-refractivity contribution in [1.82, 2.24) is 0 Å². The minimum Gasteiger partial charge on any atom is -0.493 e. The second-order valence-electron chi connectivity index (χ2n) is 2.56. The smallest absolute Gasteiger partial charge is 0.185 e. The van der Waals surface area contributed by atoms with Crippen molar-refractivity contribution in [1.29, 1.82) is 0 Å². The molecule has 0 spiro atoms. The highest BCUT2D eigenvalue weighted by molar-refractivity contribution is 5.73. The van der Waals surface area contributed by atoms with Crippen LogP contribution in [0, 0.1) is 0 Å². The molecule has 0 N–H and O–H groups in total. The van der Waals surface area contributed by atoms with Crippen LogP contribution in [-0.2, 0) is 4.74 Å². The van der Waals surface area contributed by atoms with E-state index in [0.29, 0.717) is 12.0 Å². The largest absolute Gasteiger partial charge is 0.493 e. The minimum atomic E-state index is 0.335. The van der Waals surface area contributed by atoms with E-state index >= 15 is 0 Å². The lowest BCUT2D eigenvalue weighted by Gasteiger charge is -1.97. The molecule has 1 aliphatic rings. The maximum absolute atomic E-state index is 10.3. The van der Waals surface area contributed by atoms with Crippen LogP contribution >= 0.6 is 0 Å². The summed E-state index contributed by atoms with van der Waals surface area (Å²) in [4.78, 5) is 10.3. The molecule has 12 heavy (non-hydrogen) atoms. The summed E-state index contributed by atoms with van der Waals surface area (Å²) < 4.78 is 10.2. The third-order valence-corrected chi connectivity index (χ3v) is 1.73. The predicted molar refractivity (Wildman–Crippen MR) is 42.6 cm³/mol. The van der Waals surface area contributed by atoms with Gasteiger partial charge in [0.2, 0.25) is 0 Å². The maximum Gasteiger partial charge on any atom is 0.185 e. The Bertz CT molecular complexity index is 322. The summed E-state index contributed by atoms with van der Waals surface area (Å²) in [5.41, 5.74) is 0.842. The van der Waals surface area contributed by atoms with Gasteiger partial charge < -0.3 is 9.15 Å². The molecule has 3 heteroatoms. The fourth-order valence-corrected chi connectivity index (χ4v) is 1.16. The van der Waals surface area contributed by atoms with Crippen molar-refractivity contribution in [2.75, 3.05) is 6.61 Å². The van der Waals surface area contributed by atoms with E-state index in [1.807, 2.05) is 6.08 Å². The number of hydrogen-bond acceptors (Lipinski definition) is 3. The molecule has 0 bridgehead atoms. The summed E-state index contributed by atoms with van der Waals surface area (Å²) in [6, 6.07) is 1.67. The van der Waals surface area contributed by atoms with Crippen LogP contribution in [0.4, 0.5) is 0 Å². The maximum atomic E-state index is 10.3. The lowest BCUT2D eigenvalue weighted by atomic mass is 10.2. The number of furan rings is 1. The molecule has 0 fully saturated rings. The van der Waals surface area contributed by atoms with Gasteiger partial charge in [-0.05, 0) is 12.1 Å². The number of carbonyl (C=O) groups excluding carboxylic acids is 1. The predicted octanol–water partition coefficient (Wildman–Crippen LogP) is 1.85. The van der Waals surface area contributed by atoms with Crippen molar-refractivity contribution in [2.24, 2.45) is 0 Å². The van der Waals surface area contributed by atoms with Gasteiger partial charge in [0.25, 0.3) is 0 Å². The van der Waals surface area contributed by atoms with E-state index in [1.165, 1.54) is 6.26 Å². The Morgan fingerprint density at radius 2 is 2.42 bits per heavy atom. The molecule has 0 radical (unpaired) electrons. The Hall–Kier alpha value is -1.51. The van der Waals surface area contributed by atoms with Gasteiger partial charge in [-0.2, -0.15) is 0 Å². The van der Waals surface area contributed by atoms with Crippen molar-refractivity contribution >= 4 is 12.0 Å². The van der Waals surface area contributed by atoms with Crippen LogP contribution in [0.5, 0.6) is 0 Å². The van der Waals surface area contributed by atoms with E-state index in [4.69, 9.17) is 9.15 Å². The first-order chi connectivity index (χ1) is 5.90. The highest BCUT2D eigenvalue weighted by atomic mass is 16.5. The van der Waals surface area contributed by atoms with Crippen molar-refractivity contribution in [2.45, 2.75) is 6.42 Å². The molecule has 2 heterocycles. The summed E-state index contributed by atoms with van der Waals surface area (Å²) in [6.45, 7) is 0.719. The van der Waals surface area contributed by atoms with Crippen molar-refractivity contribution in [3.63, 3.8) is 0 Å². The quantitative estimate of drug-likeness (QED) is 0.626. The average Bonchev–Trinajstić information content (AvgIpc) is 2.75. The Morgan fingerprint density at radius 1 is 1.50 bits per heavy atom. The van der Waals surface area contributed by atoms with Crippen molar-refractivity contribution in [3.05, 3.63) is 29.7 Å². The molecule has 62 valence electrons. The van der Waals surface area contributed by atoms with Gasteiger partial charge in [0.1, 0.15) is 12.0 Å². The third-order valence-electron chi connectivity index (χ3n) is 1.73. The van der Waals surface area contributed by atoms with Crippen LogP contribution in [0.25, 0.3) is 5.76 Å². The van der Waals surface area contributed by atoms with Crippen LogP contribution in [0.3, 0.4) is 0 Å². The van der Waals surface area contributed by atoms with E-state index < -0.39 is 0 Å². The first-order valence-electron chi connectivity index (χ1n) is 3.77. The van der Waals surface area contributed by atoms with Crippen molar-refractivity contribution < 1.29 is 13.9 Å². The molecule has 0 aliphatic carbocycles. The van der Waals surface area contributed by atoms with Crippen LogP contribution in [0.15, 0.2) is 22.8 Å². The number of ether oxygens (including phenoxy) is 1. The van der Waals surface area contributed by atoms with Gasteiger partial charge in [-0.15, -0.1) is 0 Å². The monoisotopic (exact) mass is 164 g/mol. The molecule has 0 saturated carbocycles. The molecule has 1 aromatic heterocycles. The van der Waals surface area contributed by atoms with Gasteiger partial charge >= 0.3 is 0 Å². The summed E-state index contributed by atoms with van der Waals surface area (Å²) in [7, 11) is 0. The van der Waals surface area contributed by atoms with Gasteiger partial charge in [-0.3, -0.25) is 4.79 Å². The zero-order chi connectivity index (χ0) is 8.39. The molecule has 0 unspecified atom stereocenters. The lowest BCUT2D eigenvalue weighted by Crippen LogP contribution is -1.82. The summed E-state index contributed by atoms with van der Waals surface area (Å²) in [5.74, 6) is 1.15. The molecule has 0 amide bonds. The minimum absolute atomic E-state index is 0.335. The summed E-state index contributed by atoms with van der Waals surface area (Å²) in [6.07, 6.45) is 5.12. The third kappa shape index (κ3) is 1.13. The van der Waals surface area contributed by atoms with Gasteiger partial charge in [-0.1, -0.05) is 0 Å². The molecule has 3 nitrogen and oxygen atoms in total. The van der Waals surface area contributed by atoms with E-state index in [0.717, 1.165) is 24.4 Å². The van der Waals surface area contributed by atoms with E-state index in [-0.39, 0.29) is 0 Å². The molecular formula is C9H8O3. The number of hydrogen-bond donors (Lipinski definition) is 0. The SMILES string of the molecule is O=Cc1cc(C2=CCCO2)co1. The zero-order valence-electron chi connectivity index (χ0n) is 6.45. The van der Waals surface area contributed by atoms with Crippen LogP contribution in [-0.4, -0.2) is 12.9 Å². The zero-order valence-corrected chi connectivity index (χ0v) is 6.45. The van der Waals surface area contributed by atoms with E-state index in [1.54, 1.807) is 6.07 Å². The van der Waals surface area contributed by atoms with Gasteiger partial charge in [0.05, 0.1) is 12.2 Å². The second kappa shape index (κ2) is 2.85. The molecule has 1 aromatic rings. The highest BCUT2D eigenvalue weighted by Crippen LogP contribution is 2.22. The molecule has 1 aliphatic heterocycles.